The first kappa shape index (κ1) is 13.8. The number of nitrogens with one attached hydrogen (secondary N) is 1. The van der Waals surface area contributed by atoms with E-state index in [9.17, 15) is 13.2 Å². The van der Waals surface area contributed by atoms with Gasteiger partial charge in [-0.05, 0) is 53.3 Å². The summed E-state index contributed by atoms with van der Waals surface area (Å²) in [6.45, 7) is 1.01. The quantitative estimate of drug-likeness (QED) is 0.635. The van der Waals surface area contributed by atoms with Crippen molar-refractivity contribution < 1.29 is 13.2 Å². The second-order valence-electron chi connectivity index (χ2n) is 3.52. The molecule has 0 heterocycles. The van der Waals surface area contributed by atoms with Crippen LogP contribution in [0.1, 0.15) is 18.4 Å². The maximum Gasteiger partial charge on any atom is 0.389 e. The average molecular weight is 343 g/mol. The van der Waals surface area contributed by atoms with E-state index in [1.165, 1.54) is 0 Å². The van der Waals surface area contributed by atoms with Gasteiger partial charge < -0.3 is 5.32 Å². The molecule has 1 aromatic rings. The van der Waals surface area contributed by atoms with E-state index in [-0.39, 0.29) is 6.42 Å². The summed E-state index contributed by atoms with van der Waals surface area (Å²) >= 11 is 2.21. The maximum atomic E-state index is 11.8. The summed E-state index contributed by atoms with van der Waals surface area (Å²) in [5.74, 6) is 0. The summed E-state index contributed by atoms with van der Waals surface area (Å²) in [6, 6.07) is 7.90. The molecule has 0 unspecified atom stereocenters. The molecule has 16 heavy (non-hydrogen) atoms. The molecule has 1 rings (SSSR count). The molecule has 1 N–H and O–H groups in total. The Labute approximate surface area is 107 Å². The third-order valence-corrected chi connectivity index (χ3v) is 2.78. The van der Waals surface area contributed by atoms with Crippen LogP contribution in [0.25, 0.3) is 0 Å². The van der Waals surface area contributed by atoms with Gasteiger partial charge in [0.15, 0.2) is 0 Å². The fourth-order valence-corrected chi connectivity index (χ4v) is 1.61. The number of alkyl halides is 3. The van der Waals surface area contributed by atoms with Crippen molar-refractivity contribution in [1.29, 1.82) is 0 Å². The van der Waals surface area contributed by atoms with Gasteiger partial charge in [0.25, 0.3) is 0 Å². The topological polar surface area (TPSA) is 12.0 Å². The molecule has 90 valence electrons. The monoisotopic (exact) mass is 343 g/mol. The molecule has 0 saturated heterocycles. The SMILES string of the molecule is FC(F)(F)CCCNCc1ccc(I)cc1. The van der Waals surface area contributed by atoms with E-state index in [4.69, 9.17) is 0 Å². The summed E-state index contributed by atoms with van der Waals surface area (Å²) in [6.07, 6.45) is -4.62. The Morgan fingerprint density at radius 3 is 2.31 bits per heavy atom. The lowest BCUT2D eigenvalue weighted by Crippen LogP contribution is -2.17. The van der Waals surface area contributed by atoms with Crippen molar-refractivity contribution in [3.63, 3.8) is 0 Å². The molecule has 0 aliphatic heterocycles. The van der Waals surface area contributed by atoms with Crippen molar-refractivity contribution in [2.45, 2.75) is 25.6 Å². The van der Waals surface area contributed by atoms with E-state index in [0.29, 0.717) is 13.1 Å². The summed E-state index contributed by atoms with van der Waals surface area (Å²) < 4.78 is 36.6. The number of hydrogen-bond acceptors (Lipinski definition) is 1. The van der Waals surface area contributed by atoms with Gasteiger partial charge in [0.05, 0.1) is 0 Å². The lowest BCUT2D eigenvalue weighted by atomic mass is 10.2. The van der Waals surface area contributed by atoms with Gasteiger partial charge in [0.2, 0.25) is 0 Å². The zero-order chi connectivity index (χ0) is 12.0. The van der Waals surface area contributed by atoms with Crippen molar-refractivity contribution in [3.05, 3.63) is 33.4 Å². The highest BCUT2D eigenvalue weighted by molar-refractivity contribution is 14.1. The van der Waals surface area contributed by atoms with Crippen molar-refractivity contribution in [2.75, 3.05) is 6.54 Å². The highest BCUT2D eigenvalue weighted by atomic mass is 127. The van der Waals surface area contributed by atoms with Crippen LogP contribution in [0.4, 0.5) is 13.2 Å². The number of hydrogen-bond donors (Lipinski definition) is 1. The molecule has 0 saturated carbocycles. The summed E-state index contributed by atoms with van der Waals surface area (Å²) in [5, 5.41) is 2.99. The van der Waals surface area contributed by atoms with Crippen molar-refractivity contribution in [2.24, 2.45) is 0 Å². The molecule has 0 atom stereocenters. The molecule has 0 fully saturated rings. The molecular weight excluding hydrogens is 330 g/mol. The zero-order valence-corrected chi connectivity index (χ0v) is 10.8. The Morgan fingerprint density at radius 1 is 1.12 bits per heavy atom. The Hall–Kier alpha value is -0.300. The zero-order valence-electron chi connectivity index (χ0n) is 8.65. The number of benzene rings is 1. The van der Waals surface area contributed by atoms with E-state index in [0.717, 1.165) is 9.13 Å². The molecule has 0 spiro atoms. The minimum atomic E-state index is -4.04. The molecule has 0 aromatic heterocycles. The largest absolute Gasteiger partial charge is 0.389 e. The van der Waals surface area contributed by atoms with Crippen molar-refractivity contribution in [1.82, 2.24) is 5.32 Å². The molecule has 0 aliphatic rings. The molecular formula is C11H13F3IN. The molecule has 0 aliphatic carbocycles. The summed E-state index contributed by atoms with van der Waals surface area (Å²) in [4.78, 5) is 0. The van der Waals surface area contributed by atoms with E-state index in [2.05, 4.69) is 27.9 Å². The van der Waals surface area contributed by atoms with Gasteiger partial charge in [-0.1, -0.05) is 12.1 Å². The minimum Gasteiger partial charge on any atom is -0.313 e. The first-order valence-electron chi connectivity index (χ1n) is 4.99. The van der Waals surface area contributed by atoms with Crippen LogP contribution in [0, 0.1) is 3.57 Å². The highest BCUT2D eigenvalue weighted by Gasteiger charge is 2.25. The predicted octanol–water partition coefficient (Wildman–Crippen LogP) is 3.72. The highest BCUT2D eigenvalue weighted by Crippen LogP contribution is 2.20. The fourth-order valence-electron chi connectivity index (χ4n) is 1.25. The van der Waals surface area contributed by atoms with Crippen molar-refractivity contribution >= 4 is 22.6 Å². The van der Waals surface area contributed by atoms with Gasteiger partial charge in [-0.15, -0.1) is 0 Å². The predicted molar refractivity (Wildman–Crippen MR) is 66.2 cm³/mol. The van der Waals surface area contributed by atoms with E-state index >= 15 is 0 Å². The van der Waals surface area contributed by atoms with Crippen LogP contribution < -0.4 is 5.32 Å². The van der Waals surface area contributed by atoms with Gasteiger partial charge in [-0.3, -0.25) is 0 Å². The van der Waals surface area contributed by atoms with Crippen LogP contribution in [0.2, 0.25) is 0 Å². The van der Waals surface area contributed by atoms with Crippen LogP contribution in [-0.4, -0.2) is 12.7 Å². The van der Waals surface area contributed by atoms with Gasteiger partial charge in [0.1, 0.15) is 0 Å². The lowest BCUT2D eigenvalue weighted by molar-refractivity contribution is -0.135. The third-order valence-electron chi connectivity index (χ3n) is 2.06. The van der Waals surface area contributed by atoms with Crippen LogP contribution >= 0.6 is 22.6 Å². The first-order chi connectivity index (χ1) is 7.47. The Kier molecular flexibility index (Phi) is 5.54. The van der Waals surface area contributed by atoms with Crippen molar-refractivity contribution in [3.8, 4) is 0 Å². The first-order valence-corrected chi connectivity index (χ1v) is 6.07. The Bertz CT molecular complexity index is 308. The smallest absolute Gasteiger partial charge is 0.313 e. The minimum absolute atomic E-state index is 0.133. The number of halogens is 4. The standard InChI is InChI=1S/C11H13F3IN/c12-11(13,14)6-1-7-16-8-9-2-4-10(15)5-3-9/h2-5,16H,1,6-8H2. The van der Waals surface area contributed by atoms with Crippen LogP contribution in [0.5, 0.6) is 0 Å². The average Bonchev–Trinajstić information content (AvgIpc) is 2.19. The Balaban J connectivity index is 2.14. The van der Waals surface area contributed by atoms with E-state index in [1.807, 2.05) is 24.3 Å². The van der Waals surface area contributed by atoms with Gasteiger partial charge in [0, 0.05) is 16.5 Å². The van der Waals surface area contributed by atoms with E-state index < -0.39 is 12.6 Å². The Morgan fingerprint density at radius 2 is 1.75 bits per heavy atom. The number of rotatable bonds is 5. The van der Waals surface area contributed by atoms with Crippen LogP contribution in [0.15, 0.2) is 24.3 Å². The van der Waals surface area contributed by atoms with Crippen LogP contribution in [-0.2, 0) is 6.54 Å². The second kappa shape index (κ2) is 6.44. The maximum absolute atomic E-state index is 11.8. The molecule has 1 nitrogen and oxygen atoms in total. The third kappa shape index (κ3) is 6.32. The molecule has 5 heteroatoms. The normalized spacial score (nSPS) is 11.8. The van der Waals surface area contributed by atoms with Gasteiger partial charge >= 0.3 is 6.18 Å². The molecule has 1 aromatic carbocycles. The van der Waals surface area contributed by atoms with E-state index in [1.54, 1.807) is 0 Å². The van der Waals surface area contributed by atoms with Crippen LogP contribution in [0.3, 0.4) is 0 Å². The second-order valence-corrected chi connectivity index (χ2v) is 4.77. The van der Waals surface area contributed by atoms with Gasteiger partial charge in [-0.25, -0.2) is 0 Å². The molecule has 0 bridgehead atoms. The van der Waals surface area contributed by atoms with Gasteiger partial charge in [-0.2, -0.15) is 13.2 Å². The fraction of sp³-hybridized carbons (Fsp3) is 0.455. The summed E-state index contributed by atoms with van der Waals surface area (Å²) in [7, 11) is 0. The summed E-state index contributed by atoms with van der Waals surface area (Å²) in [5.41, 5.74) is 1.09. The molecule has 0 amide bonds. The molecule has 0 radical (unpaired) electrons. The lowest BCUT2D eigenvalue weighted by Gasteiger charge is -2.07.